The first-order valence-corrected chi connectivity index (χ1v) is 7.97. The first-order valence-electron chi connectivity index (χ1n) is 5.68. The zero-order valence-corrected chi connectivity index (χ0v) is 14.5. The first kappa shape index (κ1) is 14.9. The molecule has 0 unspecified atom stereocenters. The Labute approximate surface area is 134 Å². The molecular weight excluding hydrogens is 395 g/mol. The van der Waals surface area contributed by atoms with E-state index in [1.165, 1.54) is 5.56 Å². The maximum Gasteiger partial charge on any atom is 0.134 e. The lowest BCUT2D eigenvalue weighted by Gasteiger charge is -2.09. The van der Waals surface area contributed by atoms with Crippen LogP contribution >= 0.6 is 43.5 Å². The van der Waals surface area contributed by atoms with Crippen molar-refractivity contribution in [2.45, 2.75) is 18.9 Å². The molecule has 3 nitrogen and oxygen atoms in total. The van der Waals surface area contributed by atoms with Gasteiger partial charge in [-0.3, -0.25) is 4.68 Å². The number of hydrogen-bond donors (Lipinski definition) is 0. The van der Waals surface area contributed by atoms with Gasteiger partial charge in [0, 0.05) is 12.4 Å². The highest BCUT2D eigenvalue weighted by molar-refractivity contribution is 9.10. The zero-order valence-electron chi connectivity index (χ0n) is 10.6. The fourth-order valence-electron chi connectivity index (χ4n) is 1.73. The Hall–Kier alpha value is -0.520. The summed E-state index contributed by atoms with van der Waals surface area (Å²) in [6.45, 7) is 2.27. The number of rotatable bonds is 4. The first-order chi connectivity index (χ1) is 9.02. The number of hydrogen-bond acceptors (Lipinski definition) is 2. The predicted molar refractivity (Wildman–Crippen MR) is 84.1 cm³/mol. The summed E-state index contributed by atoms with van der Waals surface area (Å²) in [7, 11) is 1.86. The Morgan fingerprint density at radius 1 is 1.42 bits per heavy atom. The third-order valence-electron chi connectivity index (χ3n) is 2.78. The van der Waals surface area contributed by atoms with E-state index in [4.69, 9.17) is 16.3 Å². The largest absolute Gasteiger partial charge is 0.486 e. The lowest BCUT2D eigenvalue weighted by atomic mass is 10.2. The van der Waals surface area contributed by atoms with Gasteiger partial charge in [-0.25, -0.2) is 0 Å². The summed E-state index contributed by atoms with van der Waals surface area (Å²) < 4.78 is 8.47. The van der Waals surface area contributed by atoms with E-state index < -0.39 is 0 Å². The van der Waals surface area contributed by atoms with E-state index >= 15 is 0 Å². The Morgan fingerprint density at radius 2 is 2.16 bits per heavy atom. The number of aryl methyl sites for hydroxylation is 2. The summed E-state index contributed by atoms with van der Waals surface area (Å²) in [5.41, 5.74) is 2.88. The standard InChI is InChI=1S/C13H13Br2ClN2O/c1-8-13(16)11(18(2)17-8)7-19-12-4-3-9(6-14)5-10(12)15/h3-5H,6-7H2,1-2H3. The molecule has 0 fully saturated rings. The second-order valence-electron chi connectivity index (χ2n) is 4.16. The van der Waals surface area contributed by atoms with Crippen molar-refractivity contribution in [3.05, 3.63) is 44.6 Å². The number of nitrogens with zero attached hydrogens (tertiary/aromatic N) is 2. The lowest BCUT2D eigenvalue weighted by molar-refractivity contribution is 0.293. The third kappa shape index (κ3) is 3.33. The van der Waals surface area contributed by atoms with Crippen LogP contribution < -0.4 is 4.74 Å². The summed E-state index contributed by atoms with van der Waals surface area (Å²) in [6.07, 6.45) is 0. The maximum atomic E-state index is 6.19. The Balaban J connectivity index is 2.14. The molecular formula is C13H13Br2ClN2O. The highest BCUT2D eigenvalue weighted by atomic mass is 79.9. The fraction of sp³-hybridized carbons (Fsp3) is 0.308. The number of benzene rings is 1. The maximum absolute atomic E-state index is 6.19. The van der Waals surface area contributed by atoms with Crippen LogP contribution in [0.25, 0.3) is 0 Å². The van der Waals surface area contributed by atoms with Crippen molar-refractivity contribution in [1.82, 2.24) is 9.78 Å². The summed E-state index contributed by atoms with van der Waals surface area (Å²) >= 11 is 13.1. The van der Waals surface area contributed by atoms with Crippen LogP contribution in [0.5, 0.6) is 5.75 Å². The number of aromatic nitrogens is 2. The Bertz CT molecular complexity index is 599. The minimum atomic E-state index is 0.391. The molecule has 0 radical (unpaired) electrons. The van der Waals surface area contributed by atoms with Gasteiger partial charge in [-0.1, -0.05) is 33.6 Å². The number of alkyl halides is 1. The van der Waals surface area contributed by atoms with Gasteiger partial charge in [0.1, 0.15) is 12.4 Å². The van der Waals surface area contributed by atoms with Crippen molar-refractivity contribution in [1.29, 1.82) is 0 Å². The monoisotopic (exact) mass is 406 g/mol. The van der Waals surface area contributed by atoms with Crippen molar-refractivity contribution >= 4 is 43.5 Å². The van der Waals surface area contributed by atoms with Gasteiger partial charge < -0.3 is 4.74 Å². The summed E-state index contributed by atoms with van der Waals surface area (Å²) in [5.74, 6) is 0.791. The molecule has 0 N–H and O–H groups in total. The number of ether oxygens (including phenoxy) is 1. The summed E-state index contributed by atoms with van der Waals surface area (Å²) in [5, 5.41) is 5.74. The highest BCUT2D eigenvalue weighted by Crippen LogP contribution is 2.28. The van der Waals surface area contributed by atoms with Crippen LogP contribution in [0.4, 0.5) is 0 Å². The van der Waals surface area contributed by atoms with Crippen molar-refractivity contribution in [2.24, 2.45) is 7.05 Å². The van der Waals surface area contributed by atoms with Crippen LogP contribution in [0, 0.1) is 6.92 Å². The summed E-state index contributed by atoms with van der Waals surface area (Å²) in [4.78, 5) is 0. The SMILES string of the molecule is Cc1nn(C)c(COc2ccc(CBr)cc2Br)c1Cl. The zero-order chi connectivity index (χ0) is 14.0. The van der Waals surface area contributed by atoms with E-state index in [0.29, 0.717) is 11.6 Å². The molecule has 0 saturated heterocycles. The molecule has 19 heavy (non-hydrogen) atoms. The van der Waals surface area contributed by atoms with Gasteiger partial charge in [0.2, 0.25) is 0 Å². The van der Waals surface area contributed by atoms with Crippen molar-refractivity contribution in [3.8, 4) is 5.75 Å². The molecule has 0 amide bonds. The van der Waals surface area contributed by atoms with Crippen molar-refractivity contribution in [3.63, 3.8) is 0 Å². The lowest BCUT2D eigenvalue weighted by Crippen LogP contribution is -2.04. The van der Waals surface area contributed by atoms with Crippen molar-refractivity contribution < 1.29 is 4.74 Å². The smallest absolute Gasteiger partial charge is 0.134 e. The van der Waals surface area contributed by atoms with Crippen LogP contribution in [-0.4, -0.2) is 9.78 Å². The predicted octanol–water partition coefficient (Wildman–Crippen LogP) is 4.62. The Morgan fingerprint density at radius 3 is 2.68 bits per heavy atom. The van der Waals surface area contributed by atoms with Crippen molar-refractivity contribution in [2.75, 3.05) is 0 Å². The molecule has 0 aliphatic heterocycles. The quantitative estimate of drug-likeness (QED) is 0.691. The molecule has 0 spiro atoms. The number of halogens is 3. The van der Waals surface area contributed by atoms with E-state index in [1.54, 1.807) is 4.68 Å². The Kier molecular flexibility index (Phi) is 4.92. The van der Waals surface area contributed by atoms with Crippen LogP contribution in [0.1, 0.15) is 17.0 Å². The van der Waals surface area contributed by atoms with E-state index in [2.05, 4.69) is 37.0 Å². The minimum Gasteiger partial charge on any atom is -0.486 e. The van der Waals surface area contributed by atoms with Gasteiger partial charge in [-0.15, -0.1) is 0 Å². The van der Waals surface area contributed by atoms with Gasteiger partial charge >= 0.3 is 0 Å². The van der Waals surface area contributed by atoms with Gasteiger partial charge in [0.15, 0.2) is 0 Å². The van der Waals surface area contributed by atoms with Crippen LogP contribution in [0.3, 0.4) is 0 Å². The molecule has 0 aliphatic carbocycles. The second kappa shape index (κ2) is 6.29. The average Bonchev–Trinajstić information content (AvgIpc) is 2.62. The average molecular weight is 409 g/mol. The van der Waals surface area contributed by atoms with Gasteiger partial charge in [0.05, 0.1) is 20.9 Å². The molecule has 2 rings (SSSR count). The minimum absolute atomic E-state index is 0.391. The topological polar surface area (TPSA) is 27.1 Å². The molecule has 0 atom stereocenters. The molecule has 6 heteroatoms. The molecule has 2 aromatic rings. The van der Waals surface area contributed by atoms with Gasteiger partial charge in [-0.2, -0.15) is 5.10 Å². The molecule has 0 bridgehead atoms. The van der Waals surface area contributed by atoms with Crippen LogP contribution in [0.2, 0.25) is 5.02 Å². The third-order valence-corrected chi connectivity index (χ3v) is 4.54. The molecule has 0 saturated carbocycles. The van der Waals surface area contributed by atoms with Gasteiger partial charge in [-0.05, 0) is 40.5 Å². The molecule has 0 aliphatic rings. The van der Waals surface area contributed by atoms with E-state index in [1.807, 2.05) is 32.2 Å². The molecule has 1 heterocycles. The summed E-state index contributed by atoms with van der Waals surface area (Å²) in [6, 6.07) is 5.99. The molecule has 1 aromatic carbocycles. The highest BCUT2D eigenvalue weighted by Gasteiger charge is 2.12. The normalized spacial score (nSPS) is 10.8. The van der Waals surface area contributed by atoms with E-state index in [0.717, 1.165) is 26.9 Å². The van der Waals surface area contributed by atoms with Gasteiger partial charge in [0.25, 0.3) is 0 Å². The van der Waals surface area contributed by atoms with E-state index in [-0.39, 0.29) is 0 Å². The molecule has 102 valence electrons. The van der Waals surface area contributed by atoms with Crippen LogP contribution in [0.15, 0.2) is 22.7 Å². The van der Waals surface area contributed by atoms with Crippen LogP contribution in [-0.2, 0) is 19.0 Å². The second-order valence-corrected chi connectivity index (χ2v) is 5.95. The van der Waals surface area contributed by atoms with E-state index in [9.17, 15) is 0 Å². The molecule has 1 aromatic heterocycles. The fourth-order valence-corrected chi connectivity index (χ4v) is 2.83.